The maximum Gasteiger partial charge on any atom is 0.350 e. The molecule has 1 aromatic heterocycles. The topological polar surface area (TPSA) is 50.8 Å². The Bertz CT molecular complexity index is 466. The van der Waals surface area contributed by atoms with Gasteiger partial charge in [0.05, 0.1) is 31.0 Å². The van der Waals surface area contributed by atoms with Crippen LogP contribution in [0.2, 0.25) is 0 Å². The molecule has 0 spiro atoms. The van der Waals surface area contributed by atoms with Gasteiger partial charge in [0.2, 0.25) is 0 Å². The van der Waals surface area contributed by atoms with Crippen molar-refractivity contribution in [1.29, 1.82) is 0 Å². The minimum absolute atomic E-state index is 0.245. The molecule has 0 atom stereocenters. The standard InChI is InChI=1S/C12H16N2O3S/c1-16-12(15)10-9-8(2-3-13-9)11(18-10)14-4-6-17-7-5-14/h13H,2-7H2,1H3. The highest BCUT2D eigenvalue weighted by molar-refractivity contribution is 7.18. The SMILES string of the molecule is COC(=O)c1sc(N2CCOCC2)c2c1NCC2. The molecular formula is C12H16N2O3S. The Labute approximate surface area is 110 Å². The first kappa shape index (κ1) is 11.8. The first-order valence-electron chi connectivity index (χ1n) is 6.12. The number of nitrogens with zero attached hydrogens (tertiary/aromatic N) is 1. The van der Waals surface area contributed by atoms with Crippen LogP contribution in [0, 0.1) is 0 Å². The van der Waals surface area contributed by atoms with Gasteiger partial charge in [-0.1, -0.05) is 0 Å². The highest BCUT2D eigenvalue weighted by atomic mass is 32.1. The Balaban J connectivity index is 1.97. The van der Waals surface area contributed by atoms with E-state index in [0.717, 1.165) is 45.0 Å². The fourth-order valence-corrected chi connectivity index (χ4v) is 3.74. The summed E-state index contributed by atoms with van der Waals surface area (Å²) in [7, 11) is 1.43. The molecule has 0 amide bonds. The molecule has 0 saturated carbocycles. The van der Waals surface area contributed by atoms with Crippen molar-refractivity contribution >= 4 is 28.0 Å². The van der Waals surface area contributed by atoms with Gasteiger partial charge in [0, 0.05) is 25.2 Å². The summed E-state index contributed by atoms with van der Waals surface area (Å²) in [5.41, 5.74) is 2.25. The smallest absolute Gasteiger partial charge is 0.350 e. The zero-order chi connectivity index (χ0) is 12.5. The minimum atomic E-state index is -0.245. The lowest BCUT2D eigenvalue weighted by atomic mass is 10.2. The van der Waals surface area contributed by atoms with Gasteiger partial charge in [-0.15, -0.1) is 11.3 Å². The second-order valence-electron chi connectivity index (χ2n) is 4.36. The summed E-state index contributed by atoms with van der Waals surface area (Å²) in [5, 5.41) is 4.50. The number of carbonyl (C=O) groups excluding carboxylic acids is 1. The Morgan fingerprint density at radius 1 is 1.44 bits per heavy atom. The zero-order valence-corrected chi connectivity index (χ0v) is 11.1. The summed E-state index contributed by atoms with van der Waals surface area (Å²) in [4.78, 5) is 14.8. The molecule has 18 heavy (non-hydrogen) atoms. The van der Waals surface area contributed by atoms with Gasteiger partial charge in [0.1, 0.15) is 4.88 Å². The molecule has 2 aliphatic rings. The third kappa shape index (κ3) is 1.85. The number of hydrogen-bond donors (Lipinski definition) is 1. The number of morpholine rings is 1. The molecule has 1 N–H and O–H groups in total. The van der Waals surface area contributed by atoms with E-state index < -0.39 is 0 Å². The Hall–Kier alpha value is -1.27. The van der Waals surface area contributed by atoms with Gasteiger partial charge in [-0.25, -0.2) is 4.79 Å². The Kier molecular flexibility index (Phi) is 3.13. The van der Waals surface area contributed by atoms with E-state index in [-0.39, 0.29) is 5.97 Å². The Morgan fingerprint density at radius 2 is 2.22 bits per heavy atom. The molecule has 2 aliphatic heterocycles. The largest absolute Gasteiger partial charge is 0.465 e. The van der Waals surface area contributed by atoms with Crippen molar-refractivity contribution in [3.63, 3.8) is 0 Å². The van der Waals surface area contributed by atoms with Gasteiger partial charge in [-0.05, 0) is 6.42 Å². The van der Waals surface area contributed by atoms with Crippen LogP contribution in [-0.2, 0) is 15.9 Å². The number of methoxy groups -OCH3 is 1. The monoisotopic (exact) mass is 268 g/mol. The minimum Gasteiger partial charge on any atom is -0.465 e. The number of hydrogen-bond acceptors (Lipinski definition) is 6. The molecule has 1 fully saturated rings. The van der Waals surface area contributed by atoms with Crippen molar-refractivity contribution in [1.82, 2.24) is 0 Å². The van der Waals surface area contributed by atoms with E-state index in [1.54, 1.807) is 0 Å². The fourth-order valence-electron chi connectivity index (χ4n) is 2.44. The number of carbonyl (C=O) groups is 1. The van der Waals surface area contributed by atoms with E-state index in [4.69, 9.17) is 9.47 Å². The van der Waals surface area contributed by atoms with Gasteiger partial charge < -0.3 is 19.7 Å². The second-order valence-corrected chi connectivity index (χ2v) is 5.36. The molecule has 0 bridgehead atoms. The van der Waals surface area contributed by atoms with Gasteiger partial charge in [-0.3, -0.25) is 0 Å². The predicted molar refractivity (Wildman–Crippen MR) is 70.9 cm³/mol. The number of anilines is 2. The average molecular weight is 268 g/mol. The van der Waals surface area contributed by atoms with Crippen molar-refractivity contribution in [2.75, 3.05) is 50.2 Å². The molecule has 0 aliphatic carbocycles. The molecule has 1 saturated heterocycles. The molecule has 0 aromatic carbocycles. The normalized spacial score (nSPS) is 18.4. The number of esters is 1. The van der Waals surface area contributed by atoms with Crippen molar-refractivity contribution in [3.05, 3.63) is 10.4 Å². The molecule has 0 radical (unpaired) electrons. The summed E-state index contributed by atoms with van der Waals surface area (Å²) < 4.78 is 10.2. The van der Waals surface area contributed by atoms with E-state index in [1.807, 2.05) is 0 Å². The van der Waals surface area contributed by atoms with Gasteiger partial charge in [0.15, 0.2) is 0 Å². The number of rotatable bonds is 2. The van der Waals surface area contributed by atoms with Crippen LogP contribution in [0.3, 0.4) is 0 Å². The highest BCUT2D eigenvalue weighted by Crippen LogP contribution is 2.43. The van der Waals surface area contributed by atoms with E-state index in [9.17, 15) is 4.79 Å². The fraction of sp³-hybridized carbons (Fsp3) is 0.583. The van der Waals surface area contributed by atoms with Crippen LogP contribution in [-0.4, -0.2) is 45.9 Å². The van der Waals surface area contributed by atoms with Crippen LogP contribution >= 0.6 is 11.3 Å². The van der Waals surface area contributed by atoms with Crippen LogP contribution < -0.4 is 10.2 Å². The van der Waals surface area contributed by atoms with Crippen molar-refractivity contribution in [3.8, 4) is 0 Å². The molecule has 98 valence electrons. The summed E-state index contributed by atoms with van der Waals surface area (Å²) in [5.74, 6) is -0.245. The third-order valence-electron chi connectivity index (χ3n) is 3.33. The number of fused-ring (bicyclic) bond motifs is 1. The molecule has 0 unspecified atom stereocenters. The highest BCUT2D eigenvalue weighted by Gasteiger charge is 2.29. The summed E-state index contributed by atoms with van der Waals surface area (Å²) in [6, 6.07) is 0. The van der Waals surface area contributed by atoms with E-state index in [0.29, 0.717) is 4.88 Å². The van der Waals surface area contributed by atoms with Gasteiger partial charge in [-0.2, -0.15) is 0 Å². The zero-order valence-electron chi connectivity index (χ0n) is 10.3. The Morgan fingerprint density at radius 3 is 2.94 bits per heavy atom. The summed E-state index contributed by atoms with van der Waals surface area (Å²) >= 11 is 1.53. The maximum atomic E-state index is 11.8. The van der Waals surface area contributed by atoms with Crippen LogP contribution in [0.5, 0.6) is 0 Å². The van der Waals surface area contributed by atoms with Gasteiger partial charge in [0.25, 0.3) is 0 Å². The lowest BCUT2D eigenvalue weighted by molar-refractivity contribution is 0.0607. The first-order valence-corrected chi connectivity index (χ1v) is 6.93. The van der Waals surface area contributed by atoms with Crippen LogP contribution in [0.1, 0.15) is 15.2 Å². The quantitative estimate of drug-likeness (QED) is 0.820. The number of nitrogens with one attached hydrogen (secondary N) is 1. The lowest BCUT2D eigenvalue weighted by Gasteiger charge is -2.28. The van der Waals surface area contributed by atoms with Crippen LogP contribution in [0.15, 0.2) is 0 Å². The molecular weight excluding hydrogens is 252 g/mol. The van der Waals surface area contributed by atoms with Crippen LogP contribution in [0.25, 0.3) is 0 Å². The van der Waals surface area contributed by atoms with E-state index in [2.05, 4.69) is 10.2 Å². The van der Waals surface area contributed by atoms with E-state index in [1.165, 1.54) is 29.0 Å². The molecule has 1 aromatic rings. The third-order valence-corrected chi connectivity index (χ3v) is 4.60. The van der Waals surface area contributed by atoms with E-state index >= 15 is 0 Å². The lowest BCUT2D eigenvalue weighted by Crippen LogP contribution is -2.36. The summed E-state index contributed by atoms with van der Waals surface area (Å²) in [6.45, 7) is 4.21. The van der Waals surface area contributed by atoms with Crippen molar-refractivity contribution in [2.24, 2.45) is 0 Å². The maximum absolute atomic E-state index is 11.8. The van der Waals surface area contributed by atoms with Gasteiger partial charge >= 0.3 is 5.97 Å². The predicted octanol–water partition coefficient (Wildman–Crippen LogP) is 1.34. The molecule has 6 heteroatoms. The van der Waals surface area contributed by atoms with Crippen LogP contribution in [0.4, 0.5) is 10.7 Å². The van der Waals surface area contributed by atoms with Crippen molar-refractivity contribution in [2.45, 2.75) is 6.42 Å². The first-order chi connectivity index (χ1) is 8.81. The van der Waals surface area contributed by atoms with Crippen molar-refractivity contribution < 1.29 is 14.3 Å². The molecule has 3 heterocycles. The molecule has 3 rings (SSSR count). The molecule has 5 nitrogen and oxygen atoms in total. The second kappa shape index (κ2) is 4.78. The number of thiophene rings is 1. The average Bonchev–Trinajstić information content (AvgIpc) is 3.00. The number of ether oxygens (including phenoxy) is 2. The summed E-state index contributed by atoms with van der Waals surface area (Å²) in [6.07, 6.45) is 0.982.